The van der Waals surface area contributed by atoms with E-state index in [1.807, 2.05) is 43.3 Å². The average Bonchev–Trinajstić information content (AvgIpc) is 2.16. The summed E-state index contributed by atoms with van der Waals surface area (Å²) in [4.78, 5) is 12.8. The highest BCUT2D eigenvalue weighted by molar-refractivity contribution is 5.78. The minimum Gasteiger partial charge on any atom is -0.481 e. The van der Waals surface area contributed by atoms with Gasteiger partial charge in [-0.2, -0.15) is 0 Å². The van der Waals surface area contributed by atoms with Crippen LogP contribution < -0.4 is 4.90 Å². The van der Waals surface area contributed by atoms with Crippen molar-refractivity contribution in [1.29, 1.82) is 0 Å². The molecule has 0 aliphatic heterocycles. The normalized spacial score (nSPS) is 12.2. The monoisotopic (exact) mass is 193 g/mol. The number of nitrogens with zero attached hydrogens (tertiary/aromatic N) is 1. The lowest BCUT2D eigenvalue weighted by molar-refractivity contribution is -0.138. The number of hydrogen-bond donors (Lipinski definition) is 1. The summed E-state index contributed by atoms with van der Waals surface area (Å²) in [5.74, 6) is -1.26. The zero-order valence-electron chi connectivity index (χ0n) is 8.69. The fourth-order valence-corrected chi connectivity index (χ4v) is 1.39. The van der Waals surface area contributed by atoms with Gasteiger partial charge in [0.2, 0.25) is 0 Å². The first-order valence-electron chi connectivity index (χ1n) is 4.53. The van der Waals surface area contributed by atoms with Crippen molar-refractivity contribution in [2.75, 3.05) is 19.0 Å². The molecule has 1 unspecified atom stereocenters. The van der Waals surface area contributed by atoms with E-state index < -0.39 is 11.9 Å². The summed E-state index contributed by atoms with van der Waals surface area (Å²) in [6.07, 6.45) is 0. The number of para-hydroxylation sites is 1. The van der Waals surface area contributed by atoms with E-state index in [0.29, 0.717) is 0 Å². The molecule has 0 spiro atoms. The highest BCUT2D eigenvalue weighted by Crippen LogP contribution is 2.26. The third-order valence-electron chi connectivity index (χ3n) is 2.26. The van der Waals surface area contributed by atoms with Crippen molar-refractivity contribution in [3.05, 3.63) is 29.8 Å². The van der Waals surface area contributed by atoms with Crippen LogP contribution >= 0.6 is 0 Å². The lowest BCUT2D eigenvalue weighted by Gasteiger charge is -2.19. The van der Waals surface area contributed by atoms with Gasteiger partial charge in [-0.15, -0.1) is 0 Å². The molecule has 0 saturated heterocycles. The summed E-state index contributed by atoms with van der Waals surface area (Å²) in [5, 5.41) is 8.92. The first-order valence-corrected chi connectivity index (χ1v) is 4.53. The second-order valence-electron chi connectivity index (χ2n) is 3.51. The molecule has 0 heterocycles. The molecule has 1 aromatic carbocycles. The minimum atomic E-state index is -0.792. The molecule has 1 aromatic rings. The Balaban J connectivity index is 3.13. The molecule has 3 heteroatoms. The predicted molar refractivity (Wildman–Crippen MR) is 56.8 cm³/mol. The Kier molecular flexibility index (Phi) is 3.12. The fraction of sp³-hybridized carbons (Fsp3) is 0.364. The molecule has 0 radical (unpaired) electrons. The van der Waals surface area contributed by atoms with Crippen molar-refractivity contribution in [3.8, 4) is 0 Å². The van der Waals surface area contributed by atoms with Crippen molar-refractivity contribution >= 4 is 11.7 Å². The van der Waals surface area contributed by atoms with E-state index in [-0.39, 0.29) is 0 Å². The molecular weight excluding hydrogens is 178 g/mol. The molecule has 0 saturated carbocycles. The summed E-state index contributed by atoms with van der Waals surface area (Å²) in [6.45, 7) is 1.70. The quantitative estimate of drug-likeness (QED) is 0.797. The Hall–Kier alpha value is -1.51. The number of benzene rings is 1. The Morgan fingerprint density at radius 2 is 1.93 bits per heavy atom. The second-order valence-corrected chi connectivity index (χ2v) is 3.51. The lowest BCUT2D eigenvalue weighted by atomic mass is 9.99. The Morgan fingerprint density at radius 1 is 1.36 bits per heavy atom. The number of carbonyl (C=O) groups is 1. The van der Waals surface area contributed by atoms with E-state index in [0.717, 1.165) is 11.3 Å². The van der Waals surface area contributed by atoms with Crippen molar-refractivity contribution in [1.82, 2.24) is 0 Å². The molecule has 76 valence electrons. The van der Waals surface area contributed by atoms with E-state index >= 15 is 0 Å². The number of carboxylic acids is 1. The van der Waals surface area contributed by atoms with Crippen LogP contribution in [0.4, 0.5) is 5.69 Å². The van der Waals surface area contributed by atoms with Crippen LogP contribution in [0.5, 0.6) is 0 Å². The first kappa shape index (κ1) is 10.6. The summed E-state index contributed by atoms with van der Waals surface area (Å²) < 4.78 is 0. The van der Waals surface area contributed by atoms with E-state index in [4.69, 9.17) is 5.11 Å². The summed E-state index contributed by atoms with van der Waals surface area (Å²) in [7, 11) is 3.82. The van der Waals surface area contributed by atoms with Gasteiger partial charge in [-0.1, -0.05) is 18.2 Å². The van der Waals surface area contributed by atoms with E-state index in [1.54, 1.807) is 6.92 Å². The van der Waals surface area contributed by atoms with Crippen LogP contribution in [-0.4, -0.2) is 25.2 Å². The van der Waals surface area contributed by atoms with Crippen LogP contribution in [0.2, 0.25) is 0 Å². The Bertz CT molecular complexity index is 334. The molecule has 3 nitrogen and oxygen atoms in total. The summed E-state index contributed by atoms with van der Waals surface area (Å²) >= 11 is 0. The van der Waals surface area contributed by atoms with Gasteiger partial charge in [-0.3, -0.25) is 4.79 Å². The molecule has 0 aliphatic carbocycles. The average molecular weight is 193 g/mol. The zero-order valence-corrected chi connectivity index (χ0v) is 8.69. The van der Waals surface area contributed by atoms with Crippen molar-refractivity contribution in [2.45, 2.75) is 12.8 Å². The molecular formula is C11H15NO2. The summed E-state index contributed by atoms with van der Waals surface area (Å²) in [5.41, 5.74) is 1.81. The largest absolute Gasteiger partial charge is 0.481 e. The van der Waals surface area contributed by atoms with Crippen molar-refractivity contribution in [3.63, 3.8) is 0 Å². The Morgan fingerprint density at radius 3 is 2.43 bits per heavy atom. The molecule has 0 bridgehead atoms. The predicted octanol–water partition coefficient (Wildman–Crippen LogP) is 1.94. The van der Waals surface area contributed by atoms with Gasteiger partial charge in [0.05, 0.1) is 5.92 Å². The molecule has 0 fully saturated rings. The van der Waals surface area contributed by atoms with E-state index in [1.165, 1.54) is 0 Å². The molecule has 14 heavy (non-hydrogen) atoms. The Labute approximate surface area is 84.0 Å². The number of hydrogen-bond acceptors (Lipinski definition) is 2. The highest BCUT2D eigenvalue weighted by atomic mass is 16.4. The lowest BCUT2D eigenvalue weighted by Crippen LogP contribution is -2.15. The molecule has 0 aliphatic rings. The standard InChI is InChI=1S/C11H15NO2/c1-8(11(13)14)9-6-4-5-7-10(9)12(2)3/h4-8H,1-3H3,(H,13,14). The van der Waals surface area contributed by atoms with E-state index in [9.17, 15) is 4.79 Å². The van der Waals surface area contributed by atoms with Gasteiger partial charge in [0.25, 0.3) is 0 Å². The van der Waals surface area contributed by atoms with E-state index in [2.05, 4.69) is 0 Å². The molecule has 0 amide bonds. The van der Waals surface area contributed by atoms with Gasteiger partial charge in [-0.25, -0.2) is 0 Å². The zero-order chi connectivity index (χ0) is 10.7. The van der Waals surface area contributed by atoms with Gasteiger partial charge in [0.1, 0.15) is 0 Å². The van der Waals surface area contributed by atoms with Crippen molar-refractivity contribution in [2.24, 2.45) is 0 Å². The van der Waals surface area contributed by atoms with Gasteiger partial charge in [0, 0.05) is 19.8 Å². The maximum absolute atomic E-state index is 10.9. The van der Waals surface area contributed by atoms with Crippen LogP contribution in [-0.2, 0) is 4.79 Å². The highest BCUT2D eigenvalue weighted by Gasteiger charge is 2.17. The second kappa shape index (κ2) is 4.13. The van der Waals surface area contributed by atoms with Crippen LogP contribution in [0.15, 0.2) is 24.3 Å². The number of anilines is 1. The topological polar surface area (TPSA) is 40.5 Å². The molecule has 0 aromatic heterocycles. The van der Waals surface area contributed by atoms with Gasteiger partial charge >= 0.3 is 5.97 Å². The maximum atomic E-state index is 10.9. The number of aliphatic carboxylic acids is 1. The van der Waals surface area contributed by atoms with Gasteiger partial charge < -0.3 is 10.0 Å². The smallest absolute Gasteiger partial charge is 0.310 e. The maximum Gasteiger partial charge on any atom is 0.310 e. The molecule has 1 atom stereocenters. The van der Waals surface area contributed by atoms with Crippen molar-refractivity contribution < 1.29 is 9.90 Å². The van der Waals surface area contributed by atoms with Crippen LogP contribution in [0.25, 0.3) is 0 Å². The minimum absolute atomic E-state index is 0.464. The third-order valence-corrected chi connectivity index (χ3v) is 2.26. The van der Waals surface area contributed by atoms with Crippen LogP contribution in [0, 0.1) is 0 Å². The third kappa shape index (κ3) is 2.05. The SMILES string of the molecule is CC(C(=O)O)c1ccccc1N(C)C. The van der Waals surface area contributed by atoms with Gasteiger partial charge in [-0.05, 0) is 18.6 Å². The molecule has 1 rings (SSSR count). The number of carboxylic acid groups (broad SMARTS) is 1. The fourth-order valence-electron chi connectivity index (χ4n) is 1.39. The molecule has 1 N–H and O–H groups in total. The van der Waals surface area contributed by atoms with Crippen LogP contribution in [0.1, 0.15) is 18.4 Å². The summed E-state index contributed by atoms with van der Waals surface area (Å²) in [6, 6.07) is 7.55. The van der Waals surface area contributed by atoms with Crippen LogP contribution in [0.3, 0.4) is 0 Å². The number of rotatable bonds is 3. The first-order chi connectivity index (χ1) is 6.54. The van der Waals surface area contributed by atoms with Gasteiger partial charge in [0.15, 0.2) is 0 Å².